The summed E-state index contributed by atoms with van der Waals surface area (Å²) in [5, 5.41) is 0. The Hall–Kier alpha value is -0.570. The summed E-state index contributed by atoms with van der Waals surface area (Å²) in [5.74, 6) is 0.589. The van der Waals surface area contributed by atoms with E-state index in [1.165, 1.54) is 0 Å². The third-order valence-electron chi connectivity index (χ3n) is 5.18. The van der Waals surface area contributed by atoms with Crippen LogP contribution in [0, 0.1) is 11.3 Å². The lowest BCUT2D eigenvalue weighted by Crippen LogP contribution is -2.39. The van der Waals surface area contributed by atoms with Gasteiger partial charge in [0.05, 0.1) is 6.61 Å². The minimum atomic E-state index is -0.633. The first-order chi connectivity index (χ1) is 8.81. The molecule has 0 N–H and O–H groups in total. The van der Waals surface area contributed by atoms with Crippen molar-refractivity contribution in [3.8, 4) is 0 Å². The normalized spacial score (nSPS) is 38.3. The number of esters is 1. The minimum absolute atomic E-state index is 0.147. The second kappa shape index (κ2) is 4.76. The predicted molar refractivity (Wildman–Crippen MR) is 74.9 cm³/mol. The Morgan fingerprint density at radius 2 is 1.84 bits per heavy atom. The van der Waals surface area contributed by atoms with Gasteiger partial charge in [-0.05, 0) is 50.4 Å². The van der Waals surface area contributed by atoms with Crippen LogP contribution in [-0.4, -0.2) is 23.8 Å². The van der Waals surface area contributed by atoms with E-state index < -0.39 is 5.60 Å². The fourth-order valence-corrected chi connectivity index (χ4v) is 3.78. The molecule has 1 atom stereocenters. The van der Waals surface area contributed by atoms with Crippen molar-refractivity contribution in [3.05, 3.63) is 0 Å². The predicted octanol–water partition coefficient (Wildman–Crippen LogP) is 3.70. The molecule has 0 aromatic rings. The molecule has 3 nitrogen and oxygen atoms in total. The van der Waals surface area contributed by atoms with Crippen LogP contribution >= 0.6 is 0 Å². The lowest BCUT2D eigenvalue weighted by molar-refractivity contribution is -0.149. The second-order valence-electron chi connectivity index (χ2n) is 7.14. The van der Waals surface area contributed by atoms with Gasteiger partial charge < -0.3 is 9.47 Å². The van der Waals surface area contributed by atoms with Gasteiger partial charge in [0, 0.05) is 0 Å². The Kier molecular flexibility index (Phi) is 3.72. The molecule has 110 valence electrons. The highest BCUT2D eigenvalue weighted by atomic mass is 16.7. The molecule has 0 bridgehead atoms. The lowest BCUT2D eigenvalue weighted by Gasteiger charge is -2.36. The molecule has 0 aromatic carbocycles. The van der Waals surface area contributed by atoms with Crippen molar-refractivity contribution >= 4 is 5.97 Å². The molecule has 0 aromatic heterocycles. The average Bonchev–Trinajstić information content (AvgIpc) is 2.98. The molecule has 0 radical (unpaired) electrons. The van der Waals surface area contributed by atoms with Crippen molar-refractivity contribution in [2.24, 2.45) is 11.3 Å². The van der Waals surface area contributed by atoms with Crippen LogP contribution in [0.15, 0.2) is 0 Å². The molecule has 1 saturated carbocycles. The van der Waals surface area contributed by atoms with Gasteiger partial charge in [0.2, 0.25) is 0 Å². The van der Waals surface area contributed by atoms with Crippen molar-refractivity contribution in [1.82, 2.24) is 0 Å². The first kappa shape index (κ1) is 14.8. The lowest BCUT2D eigenvalue weighted by atomic mass is 9.67. The van der Waals surface area contributed by atoms with Crippen LogP contribution in [0.5, 0.6) is 0 Å². The fraction of sp³-hybridized carbons (Fsp3) is 0.938. The summed E-state index contributed by atoms with van der Waals surface area (Å²) in [5.41, 5.74) is -0.489. The quantitative estimate of drug-likeness (QED) is 0.578. The molecule has 1 aliphatic heterocycles. The molecule has 2 aliphatic rings. The monoisotopic (exact) mass is 268 g/mol. The van der Waals surface area contributed by atoms with Crippen molar-refractivity contribution in [2.75, 3.05) is 6.61 Å². The fourth-order valence-electron chi connectivity index (χ4n) is 3.78. The number of ether oxygens (including phenoxy) is 2. The van der Waals surface area contributed by atoms with E-state index in [4.69, 9.17) is 9.47 Å². The topological polar surface area (TPSA) is 38.8 Å². The number of hydrogen-bond acceptors (Lipinski definition) is 3. The largest absolute Gasteiger partial charge is 0.464 e. The molecule has 1 saturated heterocycles. The molecule has 2 rings (SSSR count). The van der Waals surface area contributed by atoms with E-state index in [-0.39, 0.29) is 11.6 Å². The number of carbonyl (C=O) groups excluding carboxylic acids is 1. The third-order valence-corrected chi connectivity index (χ3v) is 5.18. The number of carbonyl (C=O) groups is 1. The zero-order valence-corrected chi connectivity index (χ0v) is 13.0. The smallest absolute Gasteiger partial charge is 0.341 e. The van der Waals surface area contributed by atoms with Crippen molar-refractivity contribution in [3.63, 3.8) is 0 Å². The minimum Gasteiger partial charge on any atom is -0.464 e. The molecule has 0 amide bonds. The zero-order chi connectivity index (χ0) is 14.3. The van der Waals surface area contributed by atoms with Gasteiger partial charge in [0.15, 0.2) is 5.60 Å². The van der Waals surface area contributed by atoms with Crippen LogP contribution in [0.3, 0.4) is 0 Å². The highest BCUT2D eigenvalue weighted by Gasteiger charge is 2.74. The third kappa shape index (κ3) is 2.31. The van der Waals surface area contributed by atoms with Crippen LogP contribution in [0.4, 0.5) is 0 Å². The summed E-state index contributed by atoms with van der Waals surface area (Å²) in [6.07, 6.45) is 5.05. The van der Waals surface area contributed by atoms with Crippen molar-refractivity contribution < 1.29 is 14.3 Å². The first-order valence-electron chi connectivity index (χ1n) is 7.69. The van der Waals surface area contributed by atoms with Crippen LogP contribution < -0.4 is 0 Å². The molecule has 3 heteroatoms. The molecule has 1 spiro atoms. The first-order valence-corrected chi connectivity index (χ1v) is 7.69. The summed E-state index contributed by atoms with van der Waals surface area (Å²) in [6, 6.07) is 0. The van der Waals surface area contributed by atoms with E-state index in [0.29, 0.717) is 12.0 Å². The maximum Gasteiger partial charge on any atom is 0.341 e. The molecular weight excluding hydrogens is 240 g/mol. The number of rotatable bonds is 3. The van der Waals surface area contributed by atoms with Gasteiger partial charge in [-0.2, -0.15) is 0 Å². The molecule has 1 heterocycles. The summed E-state index contributed by atoms with van der Waals surface area (Å²) in [7, 11) is 0. The molecule has 2 fully saturated rings. The van der Waals surface area contributed by atoms with Crippen molar-refractivity contribution in [2.45, 2.75) is 77.9 Å². The van der Waals surface area contributed by atoms with Gasteiger partial charge in [0.1, 0.15) is 5.60 Å². The number of epoxide rings is 1. The van der Waals surface area contributed by atoms with Gasteiger partial charge in [-0.25, -0.2) is 4.79 Å². The maximum absolute atomic E-state index is 12.2. The second-order valence-corrected chi connectivity index (χ2v) is 7.14. The standard InChI is InChI=1S/C16H28O3/c1-6-16(13(17)18-7-2)15(19-16)10-8-12(9-11-15)14(3,4)5/h12H,6-11H2,1-5H3. The SMILES string of the molecule is CCOC(=O)C1(CC)OC12CCC(C(C)(C)C)CC2. The van der Waals surface area contributed by atoms with Gasteiger partial charge in [-0.3, -0.25) is 0 Å². The van der Waals surface area contributed by atoms with E-state index in [2.05, 4.69) is 20.8 Å². The maximum atomic E-state index is 12.2. The van der Waals surface area contributed by atoms with Gasteiger partial charge in [-0.15, -0.1) is 0 Å². The van der Waals surface area contributed by atoms with Gasteiger partial charge in [-0.1, -0.05) is 27.7 Å². The van der Waals surface area contributed by atoms with E-state index in [9.17, 15) is 4.79 Å². The average molecular weight is 268 g/mol. The molecule has 1 unspecified atom stereocenters. The van der Waals surface area contributed by atoms with E-state index in [1.807, 2.05) is 13.8 Å². The van der Waals surface area contributed by atoms with Crippen molar-refractivity contribution in [1.29, 1.82) is 0 Å². The zero-order valence-electron chi connectivity index (χ0n) is 13.0. The Bertz CT molecular complexity index is 347. The Morgan fingerprint density at radius 1 is 1.26 bits per heavy atom. The Morgan fingerprint density at radius 3 is 2.26 bits per heavy atom. The van der Waals surface area contributed by atoms with Crippen LogP contribution in [-0.2, 0) is 14.3 Å². The summed E-state index contributed by atoms with van der Waals surface area (Å²) < 4.78 is 11.2. The van der Waals surface area contributed by atoms with E-state index in [1.54, 1.807) is 0 Å². The van der Waals surface area contributed by atoms with Gasteiger partial charge >= 0.3 is 5.97 Å². The highest BCUT2D eigenvalue weighted by molar-refractivity contribution is 5.85. The molecular formula is C16H28O3. The summed E-state index contributed by atoms with van der Waals surface area (Å²) in [6.45, 7) is 11.2. The van der Waals surface area contributed by atoms with E-state index >= 15 is 0 Å². The van der Waals surface area contributed by atoms with Crippen LogP contribution in [0.2, 0.25) is 0 Å². The van der Waals surface area contributed by atoms with E-state index in [0.717, 1.165) is 38.0 Å². The summed E-state index contributed by atoms with van der Waals surface area (Å²) in [4.78, 5) is 12.2. The highest BCUT2D eigenvalue weighted by Crippen LogP contribution is 2.60. The number of hydrogen-bond donors (Lipinski definition) is 0. The Balaban J connectivity index is 2.03. The Labute approximate surface area is 117 Å². The molecule has 1 aliphatic carbocycles. The summed E-state index contributed by atoms with van der Waals surface area (Å²) >= 11 is 0. The van der Waals surface area contributed by atoms with Crippen LogP contribution in [0.25, 0.3) is 0 Å². The van der Waals surface area contributed by atoms with Crippen LogP contribution in [0.1, 0.15) is 66.7 Å². The van der Waals surface area contributed by atoms with Gasteiger partial charge in [0.25, 0.3) is 0 Å². The molecule has 19 heavy (non-hydrogen) atoms.